The van der Waals surface area contributed by atoms with E-state index in [0.717, 1.165) is 41.9 Å². The van der Waals surface area contributed by atoms with Gasteiger partial charge >= 0.3 is 5.97 Å². The first-order chi connectivity index (χ1) is 13.2. The number of rotatable bonds is 5. The number of halogens is 1. The summed E-state index contributed by atoms with van der Waals surface area (Å²) in [6, 6.07) is 12.9. The van der Waals surface area contributed by atoms with Gasteiger partial charge in [0.25, 0.3) is 0 Å². The molecule has 0 saturated carbocycles. The van der Waals surface area contributed by atoms with E-state index in [1.807, 2.05) is 4.68 Å². The molecule has 0 aliphatic heterocycles. The van der Waals surface area contributed by atoms with Crippen molar-refractivity contribution in [2.45, 2.75) is 32.5 Å². The molecule has 2 aromatic carbocycles. The quantitative estimate of drug-likeness (QED) is 0.704. The Bertz CT molecular complexity index is 980. The molecule has 0 amide bonds. The smallest absolute Gasteiger partial charge is 0.338 e. The Morgan fingerprint density at radius 3 is 2.78 bits per heavy atom. The summed E-state index contributed by atoms with van der Waals surface area (Å²) in [4.78, 5) is 12.3. The van der Waals surface area contributed by atoms with Gasteiger partial charge in [-0.25, -0.2) is 13.9 Å². The van der Waals surface area contributed by atoms with E-state index in [1.165, 1.54) is 12.1 Å². The lowest BCUT2D eigenvalue weighted by Gasteiger charge is -2.06. The number of carbonyl (C=O) groups is 1. The Kier molecular flexibility index (Phi) is 4.73. The molecule has 1 aromatic heterocycles. The number of hydrogen-bond acceptors (Lipinski definition) is 4. The molecule has 0 spiro atoms. The third-order valence-corrected chi connectivity index (χ3v) is 4.77. The molecule has 0 fully saturated rings. The van der Waals surface area contributed by atoms with Gasteiger partial charge in [-0.15, -0.1) is 0 Å². The number of aliphatic hydroxyl groups is 1. The van der Waals surface area contributed by atoms with Crippen LogP contribution in [0.4, 0.5) is 4.39 Å². The summed E-state index contributed by atoms with van der Waals surface area (Å²) in [6.07, 6.45) is 2.81. The summed E-state index contributed by atoms with van der Waals surface area (Å²) >= 11 is 0. The fraction of sp³-hybridized carbons (Fsp3) is 0.238. The molecule has 1 N–H and O–H groups in total. The van der Waals surface area contributed by atoms with Crippen LogP contribution in [0.3, 0.4) is 0 Å². The van der Waals surface area contributed by atoms with Crippen LogP contribution in [0.2, 0.25) is 0 Å². The van der Waals surface area contributed by atoms with E-state index in [-0.39, 0.29) is 19.0 Å². The summed E-state index contributed by atoms with van der Waals surface area (Å²) in [6.45, 7) is -0.0462. The second-order valence-electron chi connectivity index (χ2n) is 6.55. The van der Waals surface area contributed by atoms with Crippen molar-refractivity contribution in [3.63, 3.8) is 0 Å². The van der Waals surface area contributed by atoms with E-state index in [2.05, 4.69) is 5.10 Å². The van der Waals surface area contributed by atoms with Gasteiger partial charge in [0.1, 0.15) is 18.1 Å². The predicted octanol–water partition coefficient (Wildman–Crippen LogP) is 3.35. The van der Waals surface area contributed by atoms with Crippen LogP contribution in [0.1, 0.15) is 39.3 Å². The minimum Gasteiger partial charge on any atom is -0.455 e. The van der Waals surface area contributed by atoms with Crippen LogP contribution < -0.4 is 0 Å². The normalized spacial score (nSPS) is 12.8. The lowest BCUT2D eigenvalue weighted by atomic mass is 10.1. The zero-order chi connectivity index (χ0) is 18.8. The van der Waals surface area contributed by atoms with Crippen molar-refractivity contribution in [1.29, 1.82) is 0 Å². The lowest BCUT2D eigenvalue weighted by Crippen LogP contribution is -2.07. The molecule has 138 valence electrons. The van der Waals surface area contributed by atoms with Crippen molar-refractivity contribution in [1.82, 2.24) is 9.78 Å². The molecule has 27 heavy (non-hydrogen) atoms. The number of nitrogens with zero attached hydrogens (tertiary/aromatic N) is 2. The van der Waals surface area contributed by atoms with Crippen LogP contribution >= 0.6 is 0 Å². The molecule has 1 heterocycles. The maximum atomic E-state index is 13.2. The maximum Gasteiger partial charge on any atom is 0.338 e. The van der Waals surface area contributed by atoms with E-state index in [1.54, 1.807) is 36.4 Å². The van der Waals surface area contributed by atoms with E-state index >= 15 is 0 Å². The highest BCUT2D eigenvalue weighted by Crippen LogP contribution is 2.28. The van der Waals surface area contributed by atoms with E-state index in [0.29, 0.717) is 11.1 Å². The van der Waals surface area contributed by atoms with Crippen molar-refractivity contribution in [2.24, 2.45) is 0 Å². The monoisotopic (exact) mass is 366 g/mol. The Morgan fingerprint density at radius 2 is 2.00 bits per heavy atom. The number of aliphatic hydroxyl groups excluding tert-OH is 1. The average Bonchev–Trinajstić information content (AvgIpc) is 3.30. The molecule has 0 unspecified atom stereocenters. The van der Waals surface area contributed by atoms with Gasteiger partial charge in [-0.2, -0.15) is 5.10 Å². The minimum absolute atomic E-state index is 0.0821. The van der Waals surface area contributed by atoms with E-state index in [9.17, 15) is 14.3 Å². The topological polar surface area (TPSA) is 64.3 Å². The molecule has 0 radical (unpaired) electrons. The zero-order valence-corrected chi connectivity index (χ0v) is 14.7. The van der Waals surface area contributed by atoms with Crippen LogP contribution in [0.5, 0.6) is 0 Å². The molecule has 6 heteroatoms. The van der Waals surface area contributed by atoms with Gasteiger partial charge in [-0.3, -0.25) is 0 Å². The molecular weight excluding hydrogens is 347 g/mol. The van der Waals surface area contributed by atoms with Crippen molar-refractivity contribution in [2.75, 3.05) is 0 Å². The average molecular weight is 366 g/mol. The fourth-order valence-corrected chi connectivity index (χ4v) is 3.44. The van der Waals surface area contributed by atoms with Crippen LogP contribution in [-0.4, -0.2) is 20.9 Å². The highest BCUT2D eigenvalue weighted by Gasteiger charge is 2.24. The highest BCUT2D eigenvalue weighted by molar-refractivity contribution is 5.89. The minimum atomic E-state index is -0.451. The number of carbonyl (C=O) groups excluding carboxylic acids is 1. The van der Waals surface area contributed by atoms with Crippen LogP contribution in [0.15, 0.2) is 48.5 Å². The van der Waals surface area contributed by atoms with Crippen LogP contribution in [0.25, 0.3) is 5.69 Å². The van der Waals surface area contributed by atoms with Gasteiger partial charge in [0.05, 0.1) is 17.9 Å². The molecule has 0 saturated heterocycles. The van der Waals surface area contributed by atoms with E-state index in [4.69, 9.17) is 4.74 Å². The van der Waals surface area contributed by atoms with Gasteiger partial charge in [0.15, 0.2) is 0 Å². The largest absolute Gasteiger partial charge is 0.455 e. The van der Waals surface area contributed by atoms with Gasteiger partial charge in [-0.1, -0.05) is 12.1 Å². The Morgan fingerprint density at radius 1 is 1.19 bits per heavy atom. The first kappa shape index (κ1) is 17.4. The number of ether oxygens (including phenoxy) is 1. The molecule has 4 rings (SSSR count). The third kappa shape index (κ3) is 3.48. The number of fused-ring (bicyclic) bond motifs is 1. The van der Waals surface area contributed by atoms with E-state index < -0.39 is 5.97 Å². The summed E-state index contributed by atoms with van der Waals surface area (Å²) in [5.74, 6) is -0.741. The number of benzene rings is 2. The molecular formula is C21H19FN2O3. The van der Waals surface area contributed by atoms with Crippen molar-refractivity contribution in [3.05, 3.63) is 82.4 Å². The first-order valence-corrected chi connectivity index (χ1v) is 8.88. The van der Waals surface area contributed by atoms with Gasteiger partial charge in [-0.05, 0) is 61.2 Å². The van der Waals surface area contributed by atoms with Crippen LogP contribution in [-0.2, 0) is 30.8 Å². The highest BCUT2D eigenvalue weighted by atomic mass is 19.1. The predicted molar refractivity (Wildman–Crippen MR) is 97.0 cm³/mol. The Labute approximate surface area is 156 Å². The summed E-state index contributed by atoms with van der Waals surface area (Å²) < 4.78 is 20.5. The second-order valence-corrected chi connectivity index (χ2v) is 6.55. The lowest BCUT2D eigenvalue weighted by molar-refractivity contribution is 0.0466. The zero-order valence-electron chi connectivity index (χ0n) is 14.7. The number of esters is 1. The molecule has 0 bridgehead atoms. The maximum absolute atomic E-state index is 13.2. The molecule has 1 aliphatic rings. The summed E-state index contributed by atoms with van der Waals surface area (Å²) in [7, 11) is 0. The second kappa shape index (κ2) is 7.32. The van der Waals surface area contributed by atoms with Crippen molar-refractivity contribution >= 4 is 5.97 Å². The fourth-order valence-electron chi connectivity index (χ4n) is 3.44. The molecule has 3 aromatic rings. The molecule has 5 nitrogen and oxygen atoms in total. The Hall–Kier alpha value is -2.99. The molecule has 1 aliphatic carbocycles. The first-order valence-electron chi connectivity index (χ1n) is 8.88. The van der Waals surface area contributed by atoms with Crippen molar-refractivity contribution in [3.8, 4) is 5.69 Å². The van der Waals surface area contributed by atoms with Gasteiger partial charge < -0.3 is 9.84 Å². The summed E-state index contributed by atoms with van der Waals surface area (Å²) in [5.41, 5.74) is 4.79. The van der Waals surface area contributed by atoms with Crippen molar-refractivity contribution < 1.29 is 19.0 Å². The third-order valence-electron chi connectivity index (χ3n) is 4.77. The van der Waals surface area contributed by atoms with Gasteiger partial charge in [0.2, 0.25) is 0 Å². The molecule has 0 atom stereocenters. The Balaban J connectivity index is 1.55. The SMILES string of the molecule is O=C(OCc1nn(-c2ccc(F)cc2)c2c1CCC2)c1cccc(CO)c1. The summed E-state index contributed by atoms with van der Waals surface area (Å²) in [5, 5.41) is 13.8. The number of hydrogen-bond donors (Lipinski definition) is 1. The van der Waals surface area contributed by atoms with Crippen LogP contribution in [0, 0.1) is 5.82 Å². The standard InChI is InChI=1S/C21H19FN2O3/c22-16-7-9-17(10-8-16)24-20-6-2-5-18(20)19(23-24)13-27-21(26)15-4-1-3-14(11-15)12-25/h1,3-4,7-11,25H,2,5-6,12-13H2. The van der Waals surface area contributed by atoms with Gasteiger partial charge in [0, 0.05) is 11.3 Å². The number of aromatic nitrogens is 2.